The molecule has 2 heterocycles. The minimum absolute atomic E-state index is 0.0803. The van der Waals surface area contributed by atoms with Crippen LogP contribution in [0, 0.1) is 11.3 Å². The molecule has 1 aromatic carbocycles. The fourth-order valence-electron chi connectivity index (χ4n) is 3.96. The van der Waals surface area contributed by atoms with Gasteiger partial charge in [-0.05, 0) is 37.6 Å². The number of nitrogens with zero attached hydrogens (tertiary/aromatic N) is 2. The van der Waals surface area contributed by atoms with Crippen LogP contribution in [0.4, 0.5) is 0 Å². The minimum Gasteiger partial charge on any atom is -0.484 e. The molecule has 0 saturated heterocycles. The Balaban J connectivity index is 2.27. The highest BCUT2D eigenvalue weighted by Gasteiger charge is 2.47. The molecule has 1 aliphatic rings. The van der Waals surface area contributed by atoms with Gasteiger partial charge in [-0.25, -0.2) is 0 Å². The maximum Gasteiger partial charge on any atom is 0.303 e. The van der Waals surface area contributed by atoms with E-state index in [4.69, 9.17) is 17.8 Å². The molecule has 0 aliphatic carbocycles. The average molecular weight is 555 g/mol. The van der Waals surface area contributed by atoms with E-state index in [-0.39, 0.29) is 16.7 Å². The number of aromatic nitrogens is 1. The van der Waals surface area contributed by atoms with Gasteiger partial charge in [-0.1, -0.05) is 0 Å². The summed E-state index contributed by atoms with van der Waals surface area (Å²) in [6.45, 7) is 3.47. The molecule has 0 fully saturated rings. The fraction of sp³-hybridized carbons (Fsp3) is 0.435. The highest BCUT2D eigenvalue weighted by atomic mass is 32.2. The Kier molecular flexibility index (Phi) is 7.85. The predicted molar refractivity (Wildman–Crippen MR) is 130 cm³/mol. The topological polar surface area (TPSA) is 168 Å². The third-order valence-electron chi connectivity index (χ3n) is 5.51. The number of hydrogen-bond acceptors (Lipinski definition) is 11. The van der Waals surface area contributed by atoms with E-state index in [1.807, 2.05) is 6.07 Å². The number of ether oxygens (including phenoxy) is 2. The van der Waals surface area contributed by atoms with Crippen LogP contribution in [-0.4, -0.2) is 51.6 Å². The molecule has 1 aliphatic heterocycles. The first kappa shape index (κ1) is 28.3. The lowest BCUT2D eigenvalue weighted by molar-refractivity contribution is -0.163. The van der Waals surface area contributed by atoms with Gasteiger partial charge in [0.1, 0.15) is 17.4 Å². The van der Waals surface area contributed by atoms with Gasteiger partial charge >= 0.3 is 5.97 Å². The summed E-state index contributed by atoms with van der Waals surface area (Å²) in [5.74, 6) is -0.291. The lowest BCUT2D eigenvalue weighted by Crippen LogP contribution is -2.54. The van der Waals surface area contributed by atoms with E-state index in [0.29, 0.717) is 11.3 Å². The summed E-state index contributed by atoms with van der Waals surface area (Å²) in [5, 5.41) is 9.43. The van der Waals surface area contributed by atoms with Gasteiger partial charge in [0.15, 0.2) is 6.10 Å². The molecule has 2 aromatic rings. The van der Waals surface area contributed by atoms with E-state index in [9.17, 15) is 31.7 Å². The molecule has 12 nitrogen and oxygen atoms in total. The van der Waals surface area contributed by atoms with Crippen molar-refractivity contribution in [1.29, 1.82) is 5.26 Å². The Morgan fingerprint density at radius 2 is 1.68 bits per heavy atom. The van der Waals surface area contributed by atoms with E-state index < -0.39 is 62.7 Å². The first-order chi connectivity index (χ1) is 17.0. The van der Waals surface area contributed by atoms with E-state index in [2.05, 4.69) is 0 Å². The summed E-state index contributed by atoms with van der Waals surface area (Å²) in [7, 11) is -7.79. The third-order valence-corrected chi connectivity index (χ3v) is 6.60. The van der Waals surface area contributed by atoms with E-state index in [1.54, 1.807) is 19.9 Å². The van der Waals surface area contributed by atoms with Crippen LogP contribution in [-0.2, 0) is 51.3 Å². The van der Waals surface area contributed by atoms with Crippen molar-refractivity contribution in [2.45, 2.75) is 51.7 Å². The first-order valence-electron chi connectivity index (χ1n) is 10.8. The maximum atomic E-state index is 13.4. The summed E-state index contributed by atoms with van der Waals surface area (Å²) >= 11 is 0. The van der Waals surface area contributed by atoms with Crippen molar-refractivity contribution in [2.75, 3.05) is 12.5 Å². The van der Waals surface area contributed by atoms with Crippen LogP contribution < -0.4 is 10.3 Å². The van der Waals surface area contributed by atoms with Crippen LogP contribution in [0.2, 0.25) is 0 Å². The second-order valence-corrected chi connectivity index (χ2v) is 12.3. The molecule has 2 unspecified atom stereocenters. The number of carbonyl (C=O) groups is 1. The standard InChI is InChI=1S/C23H26N2O10S2/c1-14(26)34-22-21(18-8-15(10-24)6-7-19(18)35-23(22,2)3)25-11-17(13-33-37(5,30)31)16(9-20(25)27)12-32-36(4,28)29/h6-9,11,21-22H,12-13H2,1-5H3. The molecule has 14 heteroatoms. The van der Waals surface area contributed by atoms with Crippen molar-refractivity contribution in [2.24, 2.45) is 0 Å². The Morgan fingerprint density at radius 3 is 2.22 bits per heavy atom. The molecule has 0 radical (unpaired) electrons. The molecular weight excluding hydrogens is 528 g/mol. The van der Waals surface area contributed by atoms with Crippen molar-refractivity contribution < 1.29 is 39.5 Å². The van der Waals surface area contributed by atoms with Gasteiger partial charge in [0, 0.05) is 30.3 Å². The van der Waals surface area contributed by atoms with Gasteiger partial charge in [0.2, 0.25) is 0 Å². The zero-order chi connectivity index (χ0) is 27.8. The molecule has 0 N–H and O–H groups in total. The normalized spacial score (nSPS) is 18.8. The highest BCUT2D eigenvalue weighted by Crippen LogP contribution is 2.43. The Morgan fingerprint density at radius 1 is 1.08 bits per heavy atom. The highest BCUT2D eigenvalue weighted by molar-refractivity contribution is 7.86. The van der Waals surface area contributed by atoms with Crippen LogP contribution in [0.1, 0.15) is 49.1 Å². The van der Waals surface area contributed by atoms with Gasteiger partial charge in [0.05, 0.1) is 37.4 Å². The number of rotatable bonds is 8. The number of carbonyl (C=O) groups excluding carboxylic acids is 1. The number of esters is 1. The van der Waals surface area contributed by atoms with E-state index >= 15 is 0 Å². The summed E-state index contributed by atoms with van der Waals surface area (Å²) in [6.07, 6.45) is 1.91. The molecule has 1 aromatic heterocycles. The summed E-state index contributed by atoms with van der Waals surface area (Å²) in [5.41, 5.74) is -0.904. The third kappa shape index (κ3) is 6.95. The molecule has 0 bridgehead atoms. The number of fused-ring (bicyclic) bond motifs is 1. The SMILES string of the molecule is CC(=O)OC1C(n2cc(COS(C)(=O)=O)c(COS(C)(=O)=O)cc2=O)c2cc(C#N)ccc2OC1(C)C. The van der Waals surface area contributed by atoms with E-state index in [1.165, 1.54) is 29.8 Å². The fourth-order valence-corrected chi connectivity index (χ4v) is 4.64. The number of pyridine rings is 1. The molecule has 0 amide bonds. The lowest BCUT2D eigenvalue weighted by atomic mass is 9.85. The second-order valence-electron chi connectivity index (χ2n) is 9.05. The number of benzene rings is 1. The maximum absolute atomic E-state index is 13.4. The van der Waals surface area contributed by atoms with Gasteiger partial charge in [-0.3, -0.25) is 18.0 Å². The summed E-state index contributed by atoms with van der Waals surface area (Å²) in [4.78, 5) is 25.4. The van der Waals surface area contributed by atoms with Crippen LogP contribution in [0.25, 0.3) is 0 Å². The molecule has 37 heavy (non-hydrogen) atoms. The van der Waals surface area contributed by atoms with Crippen LogP contribution in [0.5, 0.6) is 5.75 Å². The van der Waals surface area contributed by atoms with Gasteiger partial charge < -0.3 is 14.0 Å². The number of nitriles is 1. The minimum atomic E-state index is -3.91. The molecular formula is C23H26N2O10S2. The van der Waals surface area contributed by atoms with Crippen LogP contribution >= 0.6 is 0 Å². The molecule has 0 spiro atoms. The van der Waals surface area contributed by atoms with Crippen molar-refractivity contribution in [3.05, 3.63) is 63.1 Å². The van der Waals surface area contributed by atoms with E-state index in [0.717, 1.165) is 18.6 Å². The monoisotopic (exact) mass is 554 g/mol. The number of hydrogen-bond donors (Lipinski definition) is 0. The average Bonchev–Trinajstić information content (AvgIpc) is 2.76. The second kappa shape index (κ2) is 10.3. The largest absolute Gasteiger partial charge is 0.484 e. The Bertz CT molecular complexity index is 1540. The van der Waals surface area contributed by atoms with Gasteiger partial charge in [-0.15, -0.1) is 0 Å². The van der Waals surface area contributed by atoms with Crippen molar-refractivity contribution in [3.63, 3.8) is 0 Å². The van der Waals surface area contributed by atoms with Crippen molar-refractivity contribution >= 4 is 26.2 Å². The molecule has 0 saturated carbocycles. The lowest BCUT2D eigenvalue weighted by Gasteiger charge is -2.44. The summed E-state index contributed by atoms with van der Waals surface area (Å²) < 4.78 is 68.9. The van der Waals surface area contributed by atoms with Crippen molar-refractivity contribution in [3.8, 4) is 11.8 Å². The zero-order valence-corrected chi connectivity index (χ0v) is 22.4. The van der Waals surface area contributed by atoms with Crippen LogP contribution in [0.15, 0.2) is 35.3 Å². The smallest absolute Gasteiger partial charge is 0.303 e. The first-order valence-corrected chi connectivity index (χ1v) is 14.5. The molecule has 200 valence electrons. The van der Waals surface area contributed by atoms with Gasteiger partial charge in [-0.2, -0.15) is 22.1 Å². The molecule has 2 atom stereocenters. The molecule has 3 rings (SSSR count). The van der Waals surface area contributed by atoms with Crippen molar-refractivity contribution in [1.82, 2.24) is 4.57 Å². The predicted octanol–water partition coefficient (Wildman–Crippen LogP) is 1.36. The Hall–Kier alpha value is -3.25. The summed E-state index contributed by atoms with van der Waals surface area (Å²) in [6, 6.07) is 6.73. The van der Waals surface area contributed by atoms with Gasteiger partial charge in [0.25, 0.3) is 25.8 Å². The van der Waals surface area contributed by atoms with Crippen LogP contribution in [0.3, 0.4) is 0 Å². The zero-order valence-electron chi connectivity index (χ0n) is 20.7. The Labute approximate surface area is 214 Å². The quantitative estimate of drug-likeness (QED) is 0.341.